The van der Waals surface area contributed by atoms with Gasteiger partial charge in [0.15, 0.2) is 13.1 Å². The van der Waals surface area contributed by atoms with E-state index in [9.17, 15) is 14.0 Å². The summed E-state index contributed by atoms with van der Waals surface area (Å²) < 4.78 is 13.1. The molecule has 5 nitrogen and oxygen atoms in total. The molecule has 2 amide bonds. The van der Waals surface area contributed by atoms with E-state index in [1.54, 1.807) is 17.4 Å². The molecular formula is C17H21FN3O2S+. The summed E-state index contributed by atoms with van der Waals surface area (Å²) in [7, 11) is 0. The standard InChI is InChI=1S/C17H20FN3O2S/c1-2-21(11-16(22)19-10-15-7-4-8-24-15)12-17(23)20-14-6-3-5-13(18)9-14/h3-9H,2,10-12H2,1H3,(H,19,22)(H,20,23)/p+1. The van der Waals surface area contributed by atoms with Gasteiger partial charge in [-0.3, -0.25) is 9.59 Å². The van der Waals surface area contributed by atoms with Crippen LogP contribution in [0.15, 0.2) is 41.8 Å². The van der Waals surface area contributed by atoms with Crippen LogP contribution >= 0.6 is 11.3 Å². The van der Waals surface area contributed by atoms with Gasteiger partial charge in [-0.05, 0) is 36.6 Å². The summed E-state index contributed by atoms with van der Waals surface area (Å²) in [5, 5.41) is 7.46. The van der Waals surface area contributed by atoms with E-state index in [4.69, 9.17) is 0 Å². The Kier molecular flexibility index (Phi) is 6.89. The van der Waals surface area contributed by atoms with E-state index in [1.165, 1.54) is 18.2 Å². The smallest absolute Gasteiger partial charge is 0.279 e. The number of rotatable bonds is 8. The largest absolute Gasteiger partial charge is 0.346 e. The Morgan fingerprint density at radius 3 is 2.62 bits per heavy atom. The highest BCUT2D eigenvalue weighted by atomic mass is 32.1. The van der Waals surface area contributed by atoms with Crippen LogP contribution in [0.1, 0.15) is 11.8 Å². The monoisotopic (exact) mass is 350 g/mol. The van der Waals surface area contributed by atoms with Crippen LogP contribution in [0.25, 0.3) is 0 Å². The first-order valence-electron chi connectivity index (χ1n) is 7.75. The molecule has 3 N–H and O–H groups in total. The number of anilines is 1. The Labute approximate surface area is 144 Å². The number of carbonyl (C=O) groups is 2. The lowest BCUT2D eigenvalue weighted by molar-refractivity contribution is -0.881. The second kappa shape index (κ2) is 9.14. The highest BCUT2D eigenvalue weighted by molar-refractivity contribution is 7.09. The van der Waals surface area contributed by atoms with Gasteiger partial charge in [0.2, 0.25) is 0 Å². The maximum absolute atomic E-state index is 13.1. The third-order valence-electron chi connectivity index (χ3n) is 3.47. The molecule has 0 aliphatic carbocycles. The Hall–Kier alpha value is -2.25. The van der Waals surface area contributed by atoms with Gasteiger partial charge in [-0.1, -0.05) is 12.1 Å². The van der Waals surface area contributed by atoms with Crippen molar-refractivity contribution in [2.75, 3.05) is 25.0 Å². The second-order valence-electron chi connectivity index (χ2n) is 5.37. The molecule has 0 aliphatic rings. The maximum Gasteiger partial charge on any atom is 0.279 e. The lowest BCUT2D eigenvalue weighted by atomic mass is 10.3. The van der Waals surface area contributed by atoms with Gasteiger partial charge in [-0.2, -0.15) is 0 Å². The second-order valence-corrected chi connectivity index (χ2v) is 6.40. The van der Waals surface area contributed by atoms with Gasteiger partial charge in [-0.25, -0.2) is 4.39 Å². The van der Waals surface area contributed by atoms with Crippen LogP contribution in [0.3, 0.4) is 0 Å². The molecule has 0 fully saturated rings. The first-order valence-corrected chi connectivity index (χ1v) is 8.63. The minimum absolute atomic E-state index is 0.0983. The third kappa shape index (κ3) is 6.10. The molecule has 24 heavy (non-hydrogen) atoms. The van der Waals surface area contributed by atoms with Crippen LogP contribution in [-0.2, 0) is 16.1 Å². The van der Waals surface area contributed by atoms with Crippen molar-refractivity contribution in [2.24, 2.45) is 0 Å². The number of amides is 2. The molecule has 0 saturated heterocycles. The zero-order chi connectivity index (χ0) is 17.4. The van der Waals surface area contributed by atoms with Crippen LogP contribution in [0, 0.1) is 5.82 Å². The normalized spacial score (nSPS) is 11.8. The van der Waals surface area contributed by atoms with Crippen molar-refractivity contribution in [1.82, 2.24) is 5.32 Å². The Morgan fingerprint density at radius 1 is 1.17 bits per heavy atom. The van der Waals surface area contributed by atoms with Crippen LogP contribution < -0.4 is 15.5 Å². The molecule has 128 valence electrons. The van der Waals surface area contributed by atoms with E-state index in [2.05, 4.69) is 10.6 Å². The summed E-state index contributed by atoms with van der Waals surface area (Å²) in [6.07, 6.45) is 0. The van der Waals surface area contributed by atoms with Gasteiger partial charge in [0.1, 0.15) is 5.82 Å². The summed E-state index contributed by atoms with van der Waals surface area (Å²) >= 11 is 1.59. The quantitative estimate of drug-likeness (QED) is 0.666. The van der Waals surface area contributed by atoms with E-state index in [-0.39, 0.29) is 24.9 Å². The number of halogens is 1. The summed E-state index contributed by atoms with van der Waals surface area (Å²) in [5.74, 6) is -0.747. The van der Waals surface area contributed by atoms with Gasteiger partial charge in [0, 0.05) is 10.6 Å². The fourth-order valence-electron chi connectivity index (χ4n) is 2.20. The number of thiophene rings is 1. The molecule has 7 heteroatoms. The van der Waals surface area contributed by atoms with Gasteiger partial charge >= 0.3 is 0 Å². The molecule has 0 radical (unpaired) electrons. The number of benzene rings is 1. The molecule has 1 atom stereocenters. The fraction of sp³-hybridized carbons (Fsp3) is 0.294. The molecule has 0 bridgehead atoms. The number of hydrogen-bond acceptors (Lipinski definition) is 3. The van der Waals surface area contributed by atoms with E-state index in [0.717, 1.165) is 9.78 Å². The first-order chi connectivity index (χ1) is 11.6. The summed E-state index contributed by atoms with van der Waals surface area (Å²) in [6, 6.07) is 9.64. The molecule has 1 unspecified atom stereocenters. The maximum atomic E-state index is 13.1. The predicted molar refractivity (Wildman–Crippen MR) is 92.4 cm³/mol. The van der Waals surface area contributed by atoms with E-state index in [0.29, 0.717) is 18.8 Å². The number of likely N-dealkylation sites (N-methyl/N-ethyl adjacent to an activating group) is 1. The van der Waals surface area contributed by atoms with Crippen molar-refractivity contribution in [3.8, 4) is 0 Å². The summed E-state index contributed by atoms with van der Waals surface area (Å²) in [4.78, 5) is 25.9. The highest BCUT2D eigenvalue weighted by Gasteiger charge is 2.16. The average molecular weight is 350 g/mol. The van der Waals surface area contributed by atoms with Crippen LogP contribution in [-0.4, -0.2) is 31.4 Å². The Morgan fingerprint density at radius 2 is 1.96 bits per heavy atom. The minimum Gasteiger partial charge on any atom is -0.346 e. The zero-order valence-electron chi connectivity index (χ0n) is 13.5. The zero-order valence-corrected chi connectivity index (χ0v) is 14.3. The molecule has 1 aromatic heterocycles. The van der Waals surface area contributed by atoms with Crippen molar-refractivity contribution in [3.05, 3.63) is 52.5 Å². The highest BCUT2D eigenvalue weighted by Crippen LogP contribution is 2.08. The van der Waals surface area contributed by atoms with Crippen LogP contribution in [0.2, 0.25) is 0 Å². The van der Waals surface area contributed by atoms with Gasteiger partial charge in [0.25, 0.3) is 11.8 Å². The molecule has 0 spiro atoms. The van der Waals surface area contributed by atoms with Crippen LogP contribution in [0.5, 0.6) is 0 Å². The fourth-order valence-corrected chi connectivity index (χ4v) is 2.84. The lowest BCUT2D eigenvalue weighted by Crippen LogP contribution is -3.13. The first kappa shape index (κ1) is 18.1. The van der Waals surface area contributed by atoms with Crippen molar-refractivity contribution in [1.29, 1.82) is 0 Å². The molecule has 1 heterocycles. The molecule has 2 rings (SSSR count). The number of carbonyl (C=O) groups excluding carboxylic acids is 2. The van der Waals surface area contributed by atoms with Gasteiger partial charge in [0.05, 0.1) is 13.1 Å². The molecule has 0 saturated carbocycles. The molecule has 2 aromatic rings. The van der Waals surface area contributed by atoms with Crippen molar-refractivity contribution < 1.29 is 18.9 Å². The van der Waals surface area contributed by atoms with Crippen LogP contribution in [0.4, 0.5) is 10.1 Å². The lowest BCUT2D eigenvalue weighted by Gasteiger charge is -2.16. The van der Waals surface area contributed by atoms with E-state index in [1.807, 2.05) is 24.4 Å². The molecule has 0 aliphatic heterocycles. The van der Waals surface area contributed by atoms with Crippen molar-refractivity contribution in [3.63, 3.8) is 0 Å². The van der Waals surface area contributed by atoms with E-state index < -0.39 is 5.82 Å². The van der Waals surface area contributed by atoms with E-state index >= 15 is 0 Å². The van der Waals surface area contributed by atoms with Crippen molar-refractivity contribution >= 4 is 28.8 Å². The van der Waals surface area contributed by atoms with Crippen molar-refractivity contribution in [2.45, 2.75) is 13.5 Å². The topological polar surface area (TPSA) is 62.6 Å². The summed E-state index contributed by atoms with van der Waals surface area (Å²) in [5.41, 5.74) is 0.414. The average Bonchev–Trinajstić information content (AvgIpc) is 3.05. The SMILES string of the molecule is CC[NH+](CC(=O)NCc1cccs1)CC(=O)Nc1cccc(F)c1. The molecular weight excluding hydrogens is 329 g/mol. The Bertz CT molecular complexity index is 676. The number of hydrogen-bond donors (Lipinski definition) is 3. The predicted octanol–water partition coefficient (Wildman–Crippen LogP) is 1.05. The number of quaternary nitrogens is 1. The Balaban J connectivity index is 1.78. The van der Waals surface area contributed by atoms with Gasteiger partial charge in [-0.15, -0.1) is 11.3 Å². The number of nitrogens with one attached hydrogen (secondary N) is 3. The third-order valence-corrected chi connectivity index (χ3v) is 4.35. The minimum atomic E-state index is -0.402. The molecule has 1 aromatic carbocycles. The van der Waals surface area contributed by atoms with Gasteiger partial charge < -0.3 is 15.5 Å². The summed E-state index contributed by atoms with van der Waals surface area (Å²) in [6.45, 7) is 3.43.